The third kappa shape index (κ3) is 3.95. The molecule has 1 aliphatic rings. The summed E-state index contributed by atoms with van der Waals surface area (Å²) in [7, 11) is 0. The molecule has 1 aromatic carbocycles. The van der Waals surface area contributed by atoms with Gasteiger partial charge in [-0.25, -0.2) is 0 Å². The number of imide groups is 1. The number of carbonyl (C=O) groups is 2. The van der Waals surface area contributed by atoms with E-state index in [2.05, 4.69) is 15.5 Å². The summed E-state index contributed by atoms with van der Waals surface area (Å²) < 4.78 is 21.5. The van der Waals surface area contributed by atoms with E-state index in [9.17, 15) is 9.59 Å². The van der Waals surface area contributed by atoms with Crippen LogP contribution in [0.15, 0.2) is 56.7 Å². The number of furan rings is 1. The van der Waals surface area contributed by atoms with Crippen LogP contribution in [0.2, 0.25) is 0 Å². The van der Waals surface area contributed by atoms with E-state index in [0.29, 0.717) is 17.3 Å². The number of aromatic nitrogens is 2. The highest BCUT2D eigenvalue weighted by atomic mass is 32.2. The molecular formula is C17H13N3O6S. The Hall–Kier alpha value is -3.27. The first kappa shape index (κ1) is 17.2. The van der Waals surface area contributed by atoms with E-state index >= 15 is 0 Å². The highest BCUT2D eigenvalue weighted by Gasteiger charge is 2.28. The molecule has 1 N–H and O–H groups in total. The molecule has 3 aromatic rings. The minimum atomic E-state index is -0.900. The van der Waals surface area contributed by atoms with Crippen LogP contribution < -0.4 is 14.8 Å². The average Bonchev–Trinajstić information content (AvgIpc) is 3.37. The Labute approximate surface area is 157 Å². The molecule has 4 rings (SSSR count). The van der Waals surface area contributed by atoms with Gasteiger partial charge < -0.3 is 18.3 Å². The van der Waals surface area contributed by atoms with Gasteiger partial charge in [0.15, 0.2) is 17.3 Å². The number of hydrogen-bond donors (Lipinski definition) is 1. The standard InChI is InChI=1S/C17H13N3O6S/c21-14(9-27-17-20-19-16(26-17)12-6-3-7-23-12)18-15(22)13-8-24-10-4-1-2-5-11(10)25-13/h1-7,13H,8-9H2,(H,18,21,22)/t13-/m0/s1. The molecule has 0 spiro atoms. The van der Waals surface area contributed by atoms with Crippen LogP contribution in [0.25, 0.3) is 11.7 Å². The first-order chi connectivity index (χ1) is 13.2. The SMILES string of the molecule is O=C(CSc1nnc(-c2ccco2)o1)NC(=O)[C@@H]1COc2ccccc2O1. The molecule has 2 amide bonds. The third-order valence-corrected chi connectivity index (χ3v) is 4.35. The molecule has 1 atom stereocenters. The topological polar surface area (TPSA) is 117 Å². The Morgan fingerprint density at radius 3 is 2.81 bits per heavy atom. The Balaban J connectivity index is 1.28. The van der Waals surface area contributed by atoms with Crippen molar-refractivity contribution < 1.29 is 27.9 Å². The van der Waals surface area contributed by atoms with E-state index in [1.807, 2.05) is 0 Å². The first-order valence-corrected chi connectivity index (χ1v) is 8.90. The Morgan fingerprint density at radius 1 is 1.15 bits per heavy atom. The molecule has 27 heavy (non-hydrogen) atoms. The Kier molecular flexibility index (Phi) is 4.79. The van der Waals surface area contributed by atoms with Crippen molar-refractivity contribution >= 4 is 23.6 Å². The van der Waals surface area contributed by atoms with Gasteiger partial charge in [0.1, 0.15) is 6.61 Å². The van der Waals surface area contributed by atoms with Gasteiger partial charge in [-0.3, -0.25) is 14.9 Å². The van der Waals surface area contributed by atoms with Crippen molar-refractivity contribution in [3.05, 3.63) is 42.7 Å². The van der Waals surface area contributed by atoms with Crippen molar-refractivity contribution in [2.24, 2.45) is 0 Å². The minimum Gasteiger partial charge on any atom is -0.485 e. The molecule has 0 saturated heterocycles. The van der Waals surface area contributed by atoms with Gasteiger partial charge in [-0.2, -0.15) is 0 Å². The highest BCUT2D eigenvalue weighted by molar-refractivity contribution is 7.99. The molecule has 0 aliphatic carbocycles. The molecule has 3 heterocycles. The molecule has 138 valence electrons. The van der Waals surface area contributed by atoms with Crippen LogP contribution in [0.5, 0.6) is 11.5 Å². The summed E-state index contributed by atoms with van der Waals surface area (Å²) in [6.07, 6.45) is 0.587. The predicted octanol–water partition coefficient (Wildman–Crippen LogP) is 1.90. The van der Waals surface area contributed by atoms with Gasteiger partial charge in [-0.15, -0.1) is 10.2 Å². The van der Waals surface area contributed by atoms with Gasteiger partial charge in [0.05, 0.1) is 12.0 Å². The van der Waals surface area contributed by atoms with Crippen molar-refractivity contribution in [1.82, 2.24) is 15.5 Å². The van der Waals surface area contributed by atoms with Gasteiger partial charge >= 0.3 is 0 Å². The second-order valence-corrected chi connectivity index (χ2v) is 6.34. The number of amides is 2. The maximum atomic E-state index is 12.2. The second kappa shape index (κ2) is 7.54. The zero-order valence-corrected chi connectivity index (χ0v) is 14.6. The summed E-state index contributed by atoms with van der Waals surface area (Å²) in [5, 5.41) is 10.1. The fraction of sp³-hybridized carbons (Fsp3) is 0.176. The summed E-state index contributed by atoms with van der Waals surface area (Å²) in [5.74, 6) is 0.515. The monoisotopic (exact) mass is 387 g/mol. The molecule has 9 nitrogen and oxygen atoms in total. The van der Waals surface area contributed by atoms with Crippen LogP contribution in [-0.4, -0.2) is 40.5 Å². The summed E-state index contributed by atoms with van der Waals surface area (Å²) >= 11 is 1.01. The molecule has 0 saturated carbocycles. The number of para-hydroxylation sites is 2. The molecular weight excluding hydrogens is 374 g/mol. The zero-order valence-electron chi connectivity index (χ0n) is 13.8. The van der Waals surface area contributed by atoms with Crippen LogP contribution in [0.1, 0.15) is 0 Å². The van der Waals surface area contributed by atoms with Crippen molar-refractivity contribution in [2.45, 2.75) is 11.3 Å². The molecule has 0 bridgehead atoms. The number of carbonyl (C=O) groups excluding carboxylic acids is 2. The molecule has 0 radical (unpaired) electrons. The zero-order chi connectivity index (χ0) is 18.6. The van der Waals surface area contributed by atoms with E-state index < -0.39 is 17.9 Å². The van der Waals surface area contributed by atoms with Crippen molar-refractivity contribution in [3.63, 3.8) is 0 Å². The van der Waals surface area contributed by atoms with Crippen molar-refractivity contribution in [3.8, 4) is 23.1 Å². The smallest absolute Gasteiger partial charge is 0.284 e. The fourth-order valence-electron chi connectivity index (χ4n) is 2.30. The van der Waals surface area contributed by atoms with E-state index in [-0.39, 0.29) is 23.5 Å². The molecule has 1 aliphatic heterocycles. The molecule has 10 heteroatoms. The van der Waals surface area contributed by atoms with Crippen LogP contribution in [-0.2, 0) is 9.59 Å². The number of benzene rings is 1. The number of hydrogen-bond acceptors (Lipinski definition) is 9. The highest BCUT2D eigenvalue weighted by Crippen LogP contribution is 2.30. The van der Waals surface area contributed by atoms with E-state index in [4.69, 9.17) is 18.3 Å². The summed E-state index contributed by atoms with van der Waals surface area (Å²) in [6.45, 7) is 0.0272. The number of ether oxygens (including phenoxy) is 2. The second-order valence-electron chi connectivity index (χ2n) is 5.42. The van der Waals surface area contributed by atoms with Crippen LogP contribution in [0.3, 0.4) is 0 Å². The lowest BCUT2D eigenvalue weighted by Gasteiger charge is -2.25. The Morgan fingerprint density at radius 2 is 2.00 bits per heavy atom. The van der Waals surface area contributed by atoms with Gasteiger partial charge in [-0.05, 0) is 24.3 Å². The lowest BCUT2D eigenvalue weighted by atomic mass is 10.2. The van der Waals surface area contributed by atoms with Crippen LogP contribution in [0.4, 0.5) is 0 Å². The molecule has 2 aromatic heterocycles. The average molecular weight is 387 g/mol. The Bertz CT molecular complexity index is 955. The molecule has 0 unspecified atom stereocenters. The van der Waals surface area contributed by atoms with Crippen LogP contribution in [0, 0.1) is 0 Å². The predicted molar refractivity (Wildman–Crippen MR) is 92.2 cm³/mol. The van der Waals surface area contributed by atoms with E-state index in [1.54, 1.807) is 36.4 Å². The number of rotatable bonds is 5. The summed E-state index contributed by atoms with van der Waals surface area (Å²) in [4.78, 5) is 24.2. The van der Waals surface area contributed by atoms with Gasteiger partial charge in [-0.1, -0.05) is 23.9 Å². The maximum Gasteiger partial charge on any atom is 0.284 e. The normalized spacial score (nSPS) is 15.3. The third-order valence-electron chi connectivity index (χ3n) is 3.53. The van der Waals surface area contributed by atoms with Gasteiger partial charge in [0.2, 0.25) is 12.0 Å². The fourth-order valence-corrected chi connectivity index (χ4v) is 2.86. The largest absolute Gasteiger partial charge is 0.485 e. The molecule has 0 fully saturated rings. The summed E-state index contributed by atoms with van der Waals surface area (Å²) in [5.41, 5.74) is 0. The first-order valence-electron chi connectivity index (χ1n) is 7.91. The quantitative estimate of drug-likeness (QED) is 0.655. The van der Waals surface area contributed by atoms with Gasteiger partial charge in [0.25, 0.3) is 17.0 Å². The lowest BCUT2D eigenvalue weighted by molar-refractivity contribution is -0.135. The number of fused-ring (bicyclic) bond motifs is 1. The number of nitrogens with one attached hydrogen (secondary N) is 1. The number of nitrogens with zero attached hydrogens (tertiary/aromatic N) is 2. The van der Waals surface area contributed by atoms with Crippen molar-refractivity contribution in [2.75, 3.05) is 12.4 Å². The van der Waals surface area contributed by atoms with E-state index in [1.165, 1.54) is 6.26 Å². The van der Waals surface area contributed by atoms with Crippen molar-refractivity contribution in [1.29, 1.82) is 0 Å². The summed E-state index contributed by atoms with van der Waals surface area (Å²) in [6, 6.07) is 10.4. The van der Waals surface area contributed by atoms with Crippen LogP contribution >= 0.6 is 11.8 Å². The van der Waals surface area contributed by atoms with E-state index in [0.717, 1.165) is 11.8 Å². The minimum absolute atomic E-state index is 0.0272. The lowest BCUT2D eigenvalue weighted by Crippen LogP contribution is -2.46. The number of thioether (sulfide) groups is 1. The van der Waals surface area contributed by atoms with Gasteiger partial charge in [0, 0.05) is 0 Å². The maximum absolute atomic E-state index is 12.2.